The number of nitrogens with zero attached hydrogens (tertiary/aromatic N) is 1. The van der Waals surface area contributed by atoms with Crippen LogP contribution in [0.3, 0.4) is 0 Å². The number of carbonyl (C=O) groups excluding carboxylic acids is 1. The van der Waals surface area contributed by atoms with Crippen LogP contribution in [0.2, 0.25) is 0 Å². The van der Waals surface area contributed by atoms with E-state index in [0.717, 1.165) is 22.4 Å². The Morgan fingerprint density at radius 3 is 1.97 bits per heavy atom. The van der Waals surface area contributed by atoms with Gasteiger partial charge in [-0.3, -0.25) is 4.79 Å². The zero-order chi connectivity index (χ0) is 22.7. The minimum atomic E-state index is -0.130. The van der Waals surface area contributed by atoms with Crippen molar-refractivity contribution in [3.8, 4) is 34.1 Å². The molecule has 0 spiro atoms. The average molecular weight is 428 g/mol. The fraction of sp³-hybridized carbons (Fsp3) is 0.148. The summed E-state index contributed by atoms with van der Waals surface area (Å²) in [4.78, 5) is 13.7. The van der Waals surface area contributed by atoms with Crippen molar-refractivity contribution in [1.29, 1.82) is 0 Å². The van der Waals surface area contributed by atoms with Crippen LogP contribution < -0.4 is 14.2 Å². The average Bonchev–Trinajstić information content (AvgIpc) is 3.29. The first-order chi connectivity index (χ1) is 15.5. The minimum Gasteiger partial charge on any atom is -0.493 e. The summed E-state index contributed by atoms with van der Waals surface area (Å²) in [7, 11) is 4.61. The Labute approximate surface area is 187 Å². The maximum atomic E-state index is 13.7. The van der Waals surface area contributed by atoms with E-state index in [0.29, 0.717) is 28.4 Å². The highest BCUT2D eigenvalue weighted by Gasteiger charge is 2.22. The van der Waals surface area contributed by atoms with E-state index < -0.39 is 0 Å². The number of aryl methyl sites for hydroxylation is 1. The first-order valence-electron chi connectivity index (χ1n) is 10.2. The normalized spacial score (nSPS) is 10.6. The molecule has 0 aliphatic heterocycles. The highest BCUT2D eigenvalue weighted by atomic mass is 16.5. The predicted octanol–water partition coefficient (Wildman–Crippen LogP) is 5.71. The van der Waals surface area contributed by atoms with Crippen molar-refractivity contribution >= 4 is 5.78 Å². The Kier molecular flexibility index (Phi) is 5.99. The summed E-state index contributed by atoms with van der Waals surface area (Å²) in [6.07, 6.45) is 3.86. The lowest BCUT2D eigenvalue weighted by atomic mass is 9.97. The molecular formula is C27H25NO4. The molecule has 3 aromatic carbocycles. The van der Waals surface area contributed by atoms with Crippen LogP contribution >= 0.6 is 0 Å². The molecule has 0 radical (unpaired) electrons. The van der Waals surface area contributed by atoms with Crippen molar-refractivity contribution in [2.75, 3.05) is 21.3 Å². The van der Waals surface area contributed by atoms with Gasteiger partial charge in [-0.1, -0.05) is 48.0 Å². The molecule has 1 heterocycles. The third-order valence-electron chi connectivity index (χ3n) is 5.41. The number of benzene rings is 3. The highest BCUT2D eigenvalue weighted by molar-refractivity contribution is 6.13. The quantitative estimate of drug-likeness (QED) is 0.355. The van der Waals surface area contributed by atoms with Gasteiger partial charge in [0.25, 0.3) is 0 Å². The molecule has 0 saturated carbocycles. The third kappa shape index (κ3) is 3.97. The van der Waals surface area contributed by atoms with Crippen LogP contribution in [0.15, 0.2) is 79.1 Å². The monoisotopic (exact) mass is 427 g/mol. The minimum absolute atomic E-state index is 0.130. The summed E-state index contributed by atoms with van der Waals surface area (Å²) >= 11 is 0. The summed E-state index contributed by atoms with van der Waals surface area (Å²) in [5.74, 6) is 1.20. The van der Waals surface area contributed by atoms with Gasteiger partial charge in [0.2, 0.25) is 5.75 Å². The van der Waals surface area contributed by atoms with Gasteiger partial charge < -0.3 is 18.8 Å². The van der Waals surface area contributed by atoms with Gasteiger partial charge in [-0.2, -0.15) is 0 Å². The summed E-state index contributed by atoms with van der Waals surface area (Å²) in [6, 6.07) is 21.5. The van der Waals surface area contributed by atoms with E-state index in [1.165, 1.54) is 21.3 Å². The smallest absolute Gasteiger partial charge is 0.203 e. The van der Waals surface area contributed by atoms with Crippen LogP contribution in [-0.2, 0) is 0 Å². The number of carbonyl (C=O) groups is 1. The first-order valence-corrected chi connectivity index (χ1v) is 10.2. The van der Waals surface area contributed by atoms with Gasteiger partial charge in [-0.15, -0.1) is 0 Å². The molecule has 0 N–H and O–H groups in total. The Morgan fingerprint density at radius 2 is 1.41 bits per heavy atom. The standard InChI is InChI=1S/C27H25NO4/c1-18-10-12-19(13-11-18)22-16-28(21-8-6-5-7-9-21)17-23(22)26(29)20-14-24(30-2)27(32-4)25(15-20)31-3/h5-17H,1-4H3. The molecule has 162 valence electrons. The lowest BCUT2D eigenvalue weighted by Crippen LogP contribution is -2.04. The van der Waals surface area contributed by atoms with E-state index in [2.05, 4.69) is 0 Å². The number of ether oxygens (including phenoxy) is 3. The number of rotatable bonds is 7. The van der Waals surface area contributed by atoms with Crippen LogP contribution in [0.5, 0.6) is 17.2 Å². The zero-order valence-electron chi connectivity index (χ0n) is 18.6. The molecular weight excluding hydrogens is 402 g/mol. The Hall–Kier alpha value is -3.99. The van der Waals surface area contributed by atoms with Crippen molar-refractivity contribution in [2.45, 2.75) is 6.92 Å². The molecule has 5 heteroatoms. The molecule has 0 atom stereocenters. The zero-order valence-corrected chi connectivity index (χ0v) is 18.6. The number of aromatic nitrogens is 1. The summed E-state index contributed by atoms with van der Waals surface area (Å²) < 4.78 is 18.3. The molecule has 0 amide bonds. The maximum Gasteiger partial charge on any atom is 0.203 e. The number of hydrogen-bond donors (Lipinski definition) is 0. The summed E-state index contributed by atoms with van der Waals surface area (Å²) in [6.45, 7) is 2.04. The number of hydrogen-bond acceptors (Lipinski definition) is 4. The van der Waals surface area contributed by atoms with E-state index >= 15 is 0 Å². The van der Waals surface area contributed by atoms with Gasteiger partial charge in [-0.25, -0.2) is 0 Å². The fourth-order valence-electron chi connectivity index (χ4n) is 3.72. The van der Waals surface area contributed by atoms with Gasteiger partial charge in [0.15, 0.2) is 17.3 Å². The molecule has 0 aliphatic rings. The molecule has 4 rings (SSSR count). The largest absolute Gasteiger partial charge is 0.493 e. The summed E-state index contributed by atoms with van der Waals surface area (Å²) in [5, 5.41) is 0. The van der Waals surface area contributed by atoms with Crippen molar-refractivity contribution in [2.24, 2.45) is 0 Å². The van der Waals surface area contributed by atoms with Crippen molar-refractivity contribution < 1.29 is 19.0 Å². The first kappa shape index (κ1) is 21.2. The van der Waals surface area contributed by atoms with Crippen LogP contribution in [0.4, 0.5) is 0 Å². The van der Waals surface area contributed by atoms with Gasteiger partial charge in [0.05, 0.1) is 21.3 Å². The van der Waals surface area contributed by atoms with Crippen LogP contribution in [-0.4, -0.2) is 31.7 Å². The predicted molar refractivity (Wildman–Crippen MR) is 125 cm³/mol. The molecule has 0 unspecified atom stereocenters. The second-order valence-corrected chi connectivity index (χ2v) is 7.44. The van der Waals surface area contributed by atoms with Crippen molar-refractivity contribution in [3.63, 3.8) is 0 Å². The fourth-order valence-corrected chi connectivity index (χ4v) is 3.72. The van der Waals surface area contributed by atoms with E-state index in [-0.39, 0.29) is 5.78 Å². The van der Waals surface area contributed by atoms with E-state index in [1.807, 2.05) is 78.5 Å². The van der Waals surface area contributed by atoms with Crippen LogP contribution in [0, 0.1) is 6.92 Å². The second-order valence-electron chi connectivity index (χ2n) is 7.44. The molecule has 4 aromatic rings. The van der Waals surface area contributed by atoms with Gasteiger partial charge >= 0.3 is 0 Å². The topological polar surface area (TPSA) is 49.7 Å². The van der Waals surface area contributed by atoms with E-state index in [9.17, 15) is 4.79 Å². The van der Waals surface area contributed by atoms with Gasteiger partial charge in [0.1, 0.15) is 0 Å². The Balaban J connectivity index is 1.88. The molecule has 32 heavy (non-hydrogen) atoms. The van der Waals surface area contributed by atoms with Crippen molar-refractivity contribution in [1.82, 2.24) is 4.57 Å². The van der Waals surface area contributed by atoms with Crippen LogP contribution in [0.25, 0.3) is 16.8 Å². The number of ketones is 1. The number of para-hydroxylation sites is 1. The molecule has 5 nitrogen and oxygen atoms in total. The SMILES string of the molecule is COc1cc(C(=O)c2cn(-c3ccccc3)cc2-c2ccc(C)cc2)cc(OC)c1OC. The highest BCUT2D eigenvalue weighted by Crippen LogP contribution is 2.39. The molecule has 0 bridgehead atoms. The lowest BCUT2D eigenvalue weighted by molar-refractivity contribution is 0.103. The van der Waals surface area contributed by atoms with Gasteiger partial charge in [0, 0.05) is 34.8 Å². The third-order valence-corrected chi connectivity index (χ3v) is 5.41. The van der Waals surface area contributed by atoms with E-state index in [1.54, 1.807) is 12.1 Å². The maximum absolute atomic E-state index is 13.7. The van der Waals surface area contributed by atoms with E-state index in [4.69, 9.17) is 14.2 Å². The molecule has 0 saturated heterocycles. The Morgan fingerprint density at radius 1 is 0.781 bits per heavy atom. The molecule has 1 aromatic heterocycles. The Bertz CT molecular complexity index is 1220. The molecule has 0 fully saturated rings. The molecule has 0 aliphatic carbocycles. The lowest BCUT2D eigenvalue weighted by Gasteiger charge is -2.14. The van der Waals surface area contributed by atoms with Crippen LogP contribution in [0.1, 0.15) is 21.5 Å². The number of methoxy groups -OCH3 is 3. The van der Waals surface area contributed by atoms with Gasteiger partial charge in [-0.05, 0) is 36.8 Å². The van der Waals surface area contributed by atoms with Crippen molar-refractivity contribution in [3.05, 3.63) is 95.8 Å². The second kappa shape index (κ2) is 9.02. The summed E-state index contributed by atoms with van der Waals surface area (Å²) in [5.41, 5.74) is 5.01.